The van der Waals surface area contributed by atoms with Gasteiger partial charge in [0.1, 0.15) is 16.8 Å². The average molecular weight is 733 g/mol. The molecule has 0 N–H and O–H groups in total. The summed E-state index contributed by atoms with van der Waals surface area (Å²) in [5, 5.41) is 10.7. The molecule has 0 spiro atoms. The molecule has 0 aliphatic carbocycles. The van der Waals surface area contributed by atoms with E-state index in [1.807, 2.05) is 29.5 Å². The van der Waals surface area contributed by atoms with Gasteiger partial charge in [0.2, 0.25) is 5.95 Å². The van der Waals surface area contributed by atoms with E-state index < -0.39 is 0 Å². The predicted molar refractivity (Wildman–Crippen MR) is 234 cm³/mol. The molecule has 0 radical (unpaired) electrons. The first-order valence-corrected chi connectivity index (χ1v) is 19.6. The van der Waals surface area contributed by atoms with Gasteiger partial charge in [-0.05, 0) is 83.6 Å². The van der Waals surface area contributed by atoms with Crippen molar-refractivity contribution in [3.63, 3.8) is 0 Å². The van der Waals surface area contributed by atoms with E-state index in [1.165, 1.54) is 47.1 Å². The quantitative estimate of drug-likeness (QED) is 0.182. The second-order valence-electron chi connectivity index (χ2n) is 14.5. The summed E-state index contributed by atoms with van der Waals surface area (Å²) in [4.78, 5) is 10.8. The van der Waals surface area contributed by atoms with E-state index in [0.717, 1.165) is 60.9 Å². The fourth-order valence-corrected chi connectivity index (χ4v) is 10.2. The van der Waals surface area contributed by atoms with Crippen molar-refractivity contribution >= 4 is 108 Å². The summed E-state index contributed by atoms with van der Waals surface area (Å²) in [6.45, 7) is 0. The van der Waals surface area contributed by atoms with Gasteiger partial charge in [0, 0.05) is 58.4 Å². The van der Waals surface area contributed by atoms with Gasteiger partial charge in [-0.25, -0.2) is 9.97 Å². The molecule has 0 aliphatic rings. The van der Waals surface area contributed by atoms with Gasteiger partial charge < -0.3 is 8.98 Å². The van der Waals surface area contributed by atoms with Gasteiger partial charge in [-0.15, -0.1) is 11.3 Å². The number of rotatable bonds is 3. The molecule has 5 heterocycles. The van der Waals surface area contributed by atoms with E-state index in [0.29, 0.717) is 11.5 Å². The highest BCUT2D eigenvalue weighted by Gasteiger charge is 2.23. The first kappa shape index (κ1) is 30.1. The molecular formula is C50H28N4OS. The number of aromatic nitrogens is 4. The summed E-state index contributed by atoms with van der Waals surface area (Å²) < 4.78 is 13.8. The van der Waals surface area contributed by atoms with E-state index in [4.69, 9.17) is 14.4 Å². The van der Waals surface area contributed by atoms with Crippen molar-refractivity contribution in [3.05, 3.63) is 170 Å². The standard InChI is InChI=1S/C50H28N4OS/c1-2-12-31(13-3-1)53-39-18-8-4-14-32(39)37-26-30(22-24-41(37)53)47-49-48(34-16-6-10-20-43(34)55-49)52-50(51-47)54-40-19-9-5-15-33(40)38-28-36-29(27-42(38)54)23-25-45-46(36)35-17-7-11-21-44(35)56-45/h1-28H. The second kappa shape index (κ2) is 11.1. The minimum Gasteiger partial charge on any atom is -0.452 e. The number of fused-ring (bicyclic) bond motifs is 14. The highest BCUT2D eigenvalue weighted by molar-refractivity contribution is 7.26. The smallest absolute Gasteiger partial charge is 0.236 e. The Balaban J connectivity index is 1.12. The van der Waals surface area contributed by atoms with Gasteiger partial charge in [0.05, 0.1) is 22.1 Å². The van der Waals surface area contributed by atoms with Crippen LogP contribution in [-0.4, -0.2) is 19.1 Å². The molecule has 0 amide bonds. The summed E-state index contributed by atoms with van der Waals surface area (Å²) in [7, 11) is 0. The van der Waals surface area contributed by atoms with Gasteiger partial charge in [0.15, 0.2) is 5.58 Å². The molecule has 260 valence electrons. The number of nitrogens with zero attached hydrogens (tertiary/aromatic N) is 4. The maximum atomic E-state index is 6.65. The maximum absolute atomic E-state index is 6.65. The van der Waals surface area contributed by atoms with E-state index in [-0.39, 0.29) is 0 Å². The van der Waals surface area contributed by atoms with Crippen LogP contribution in [0.3, 0.4) is 0 Å². The molecule has 0 atom stereocenters. The minimum absolute atomic E-state index is 0.610. The predicted octanol–water partition coefficient (Wildman–Crippen LogP) is 13.8. The molecule has 0 fully saturated rings. The van der Waals surface area contributed by atoms with Crippen LogP contribution in [0.25, 0.3) is 120 Å². The Kier molecular flexibility index (Phi) is 5.98. The first-order valence-electron chi connectivity index (χ1n) is 18.8. The molecule has 0 saturated carbocycles. The largest absolute Gasteiger partial charge is 0.452 e. The molecule has 0 unspecified atom stereocenters. The maximum Gasteiger partial charge on any atom is 0.236 e. The number of hydrogen-bond acceptors (Lipinski definition) is 4. The molecule has 13 rings (SSSR count). The van der Waals surface area contributed by atoms with Gasteiger partial charge in [-0.2, -0.15) is 0 Å². The Morgan fingerprint density at radius 1 is 0.446 bits per heavy atom. The van der Waals surface area contributed by atoms with Crippen molar-refractivity contribution in [2.24, 2.45) is 0 Å². The van der Waals surface area contributed by atoms with Crippen LogP contribution in [-0.2, 0) is 0 Å². The van der Waals surface area contributed by atoms with Crippen molar-refractivity contribution in [2.45, 2.75) is 0 Å². The van der Waals surface area contributed by atoms with Gasteiger partial charge >= 0.3 is 0 Å². The lowest BCUT2D eigenvalue weighted by molar-refractivity contribution is 0.666. The summed E-state index contributed by atoms with van der Waals surface area (Å²) >= 11 is 1.86. The molecular weight excluding hydrogens is 705 g/mol. The molecule has 5 aromatic heterocycles. The van der Waals surface area contributed by atoms with Gasteiger partial charge in [-0.3, -0.25) is 4.57 Å². The van der Waals surface area contributed by atoms with E-state index >= 15 is 0 Å². The Hall–Kier alpha value is -7.28. The van der Waals surface area contributed by atoms with E-state index in [9.17, 15) is 0 Å². The van der Waals surface area contributed by atoms with Crippen LogP contribution in [0.5, 0.6) is 0 Å². The number of para-hydroxylation sites is 4. The normalized spacial score (nSPS) is 12.3. The Morgan fingerprint density at radius 2 is 1.12 bits per heavy atom. The Bertz CT molecular complexity index is 3770. The number of benzene rings is 8. The molecule has 6 heteroatoms. The number of thiophene rings is 1. The zero-order chi connectivity index (χ0) is 36.5. The highest BCUT2D eigenvalue weighted by Crippen LogP contribution is 2.43. The van der Waals surface area contributed by atoms with Crippen molar-refractivity contribution < 1.29 is 4.42 Å². The van der Waals surface area contributed by atoms with Crippen LogP contribution in [0.2, 0.25) is 0 Å². The number of furan rings is 1. The zero-order valence-corrected chi connectivity index (χ0v) is 30.6. The zero-order valence-electron chi connectivity index (χ0n) is 29.8. The van der Waals surface area contributed by atoms with Crippen LogP contribution >= 0.6 is 11.3 Å². The topological polar surface area (TPSA) is 48.8 Å². The minimum atomic E-state index is 0.610. The van der Waals surface area contributed by atoms with Crippen molar-refractivity contribution in [2.75, 3.05) is 0 Å². The van der Waals surface area contributed by atoms with Crippen molar-refractivity contribution in [3.8, 4) is 22.9 Å². The third kappa shape index (κ3) is 4.08. The van der Waals surface area contributed by atoms with Crippen molar-refractivity contribution in [1.82, 2.24) is 19.1 Å². The SMILES string of the molecule is c1ccc(-n2c3ccccc3c3cc(-c4nc(-n5c6ccccc6c6cc7c(ccc8sc9ccccc9c87)cc65)nc5c4oc4ccccc45)ccc32)cc1. The fraction of sp³-hybridized carbons (Fsp3) is 0. The summed E-state index contributed by atoms with van der Waals surface area (Å²) in [6.07, 6.45) is 0. The lowest BCUT2D eigenvalue weighted by Crippen LogP contribution is -2.03. The van der Waals surface area contributed by atoms with Crippen LogP contribution < -0.4 is 0 Å². The average Bonchev–Trinajstić information content (AvgIpc) is 4.00. The molecule has 0 saturated heterocycles. The second-order valence-corrected chi connectivity index (χ2v) is 15.6. The fourth-order valence-electron chi connectivity index (χ4n) is 9.08. The molecule has 56 heavy (non-hydrogen) atoms. The van der Waals surface area contributed by atoms with Crippen LogP contribution in [0.15, 0.2) is 174 Å². The van der Waals surface area contributed by atoms with Gasteiger partial charge in [-0.1, -0.05) is 97.1 Å². The summed E-state index contributed by atoms with van der Waals surface area (Å²) in [5.74, 6) is 0.610. The van der Waals surface area contributed by atoms with E-state index in [2.05, 4.69) is 161 Å². The highest BCUT2D eigenvalue weighted by atomic mass is 32.1. The van der Waals surface area contributed by atoms with Crippen molar-refractivity contribution in [1.29, 1.82) is 0 Å². The summed E-state index contributed by atoms with van der Waals surface area (Å²) in [6, 6.07) is 60.6. The first-order chi connectivity index (χ1) is 27.8. The molecule has 5 nitrogen and oxygen atoms in total. The molecule has 13 aromatic rings. The van der Waals surface area contributed by atoms with Crippen LogP contribution in [0.1, 0.15) is 0 Å². The van der Waals surface area contributed by atoms with E-state index in [1.54, 1.807) is 0 Å². The Morgan fingerprint density at radius 3 is 1.96 bits per heavy atom. The summed E-state index contributed by atoms with van der Waals surface area (Å²) in [5.41, 5.74) is 9.55. The third-order valence-corrected chi connectivity index (χ3v) is 12.7. The lowest BCUT2D eigenvalue weighted by Gasteiger charge is -2.11. The molecule has 0 aliphatic heterocycles. The number of hydrogen-bond donors (Lipinski definition) is 0. The Labute approximate surface area is 322 Å². The van der Waals surface area contributed by atoms with Crippen LogP contribution in [0, 0.1) is 0 Å². The van der Waals surface area contributed by atoms with Crippen LogP contribution in [0.4, 0.5) is 0 Å². The third-order valence-electron chi connectivity index (χ3n) is 11.5. The molecule has 0 bridgehead atoms. The monoisotopic (exact) mass is 732 g/mol. The molecule has 8 aromatic carbocycles. The van der Waals surface area contributed by atoms with Gasteiger partial charge in [0.25, 0.3) is 0 Å². The lowest BCUT2D eigenvalue weighted by atomic mass is 10.0.